The van der Waals surface area contributed by atoms with Gasteiger partial charge in [-0.1, -0.05) is 351 Å². The van der Waals surface area contributed by atoms with Gasteiger partial charge in [0.1, 0.15) is 0 Å². The number of nitrogens with zero attached hydrogens (tertiary/aromatic N) is 2. The van der Waals surface area contributed by atoms with Gasteiger partial charge in [-0.3, -0.25) is 0 Å². The Bertz CT molecular complexity index is 6540. The average Bonchev–Trinajstić information content (AvgIpc) is 1.61. The van der Waals surface area contributed by atoms with E-state index in [0.717, 1.165) is 36.3 Å². The smallest absolute Gasteiger partial charge is 0.0546 e. The molecule has 20 rings (SSSR count). The monoisotopic (exact) mass is 1380 g/mol. The quantitative estimate of drug-likeness (QED) is 0.0995. The highest BCUT2D eigenvalue weighted by Crippen LogP contribution is 2.55. The van der Waals surface area contributed by atoms with Gasteiger partial charge in [-0.15, -0.1) is 0 Å². The molecule has 0 spiro atoms. The van der Waals surface area contributed by atoms with Gasteiger partial charge < -0.3 is 9.80 Å². The van der Waals surface area contributed by atoms with E-state index in [1.54, 1.807) is 0 Å². The molecule has 0 unspecified atom stereocenters. The molecule has 516 valence electrons. The van der Waals surface area contributed by atoms with Crippen LogP contribution in [0.3, 0.4) is 0 Å². The van der Waals surface area contributed by atoms with Crippen LogP contribution in [0.5, 0.6) is 0 Å². The van der Waals surface area contributed by atoms with Crippen LogP contribution in [0.15, 0.2) is 328 Å². The van der Waals surface area contributed by atoms with Gasteiger partial charge in [0, 0.05) is 43.8 Å². The van der Waals surface area contributed by atoms with Gasteiger partial charge in [0.25, 0.3) is 0 Å². The second-order valence-electron chi connectivity index (χ2n) is 32.1. The lowest BCUT2D eigenvalue weighted by Crippen LogP contribution is -2.20. The Morgan fingerprint density at radius 3 is 0.917 bits per heavy atom. The number of fused-ring (bicyclic) bond motifs is 19. The van der Waals surface area contributed by atoms with Gasteiger partial charge >= 0.3 is 0 Å². The van der Waals surface area contributed by atoms with Crippen molar-refractivity contribution >= 4 is 144 Å². The molecule has 0 aliphatic heterocycles. The van der Waals surface area contributed by atoms with Crippen molar-refractivity contribution < 1.29 is 0 Å². The summed E-state index contributed by atoms with van der Waals surface area (Å²) >= 11 is 0. The third-order valence-electron chi connectivity index (χ3n) is 24.5. The molecule has 0 atom stereocenters. The molecule has 0 N–H and O–H groups in total. The molecule has 0 fully saturated rings. The molecule has 2 heteroatoms. The number of hydrogen-bond acceptors (Lipinski definition) is 2. The Hall–Kier alpha value is -12.6. The van der Waals surface area contributed by atoms with Gasteiger partial charge in [-0.2, -0.15) is 0 Å². The summed E-state index contributed by atoms with van der Waals surface area (Å²) in [6.45, 7) is 19.4. The van der Waals surface area contributed by atoms with E-state index in [4.69, 9.17) is 6.58 Å². The van der Waals surface area contributed by atoms with Gasteiger partial charge in [-0.25, -0.2) is 0 Å². The van der Waals surface area contributed by atoms with E-state index in [-0.39, 0.29) is 16.2 Å². The second-order valence-corrected chi connectivity index (χ2v) is 32.1. The summed E-state index contributed by atoms with van der Waals surface area (Å²) < 4.78 is 0. The molecule has 108 heavy (non-hydrogen) atoms. The Kier molecular flexibility index (Phi) is 15.0. The van der Waals surface area contributed by atoms with Crippen molar-refractivity contribution in [3.63, 3.8) is 0 Å². The lowest BCUT2D eigenvalue weighted by Gasteiger charge is -2.32. The zero-order valence-electron chi connectivity index (χ0n) is 62.1. The summed E-state index contributed by atoms with van der Waals surface area (Å²) in [6, 6.07) is 117. The summed E-state index contributed by atoms with van der Waals surface area (Å²) in [5, 5.41) is 19.9. The van der Waals surface area contributed by atoms with E-state index < -0.39 is 0 Å². The topological polar surface area (TPSA) is 6.48 Å². The van der Waals surface area contributed by atoms with E-state index in [1.807, 2.05) is 0 Å². The van der Waals surface area contributed by atoms with Gasteiger partial charge in [0.05, 0.1) is 22.7 Å². The Balaban J connectivity index is 0.582. The molecule has 0 radical (unpaired) electrons. The van der Waals surface area contributed by atoms with E-state index in [1.165, 1.54) is 187 Å². The average molecular weight is 1380 g/mol. The first-order valence-corrected chi connectivity index (χ1v) is 38.4. The van der Waals surface area contributed by atoms with Crippen molar-refractivity contribution in [2.75, 3.05) is 9.80 Å². The molecule has 0 saturated heterocycles. The largest absolute Gasteiger partial charge is 0.313 e. The highest BCUT2D eigenvalue weighted by Gasteiger charge is 2.38. The minimum Gasteiger partial charge on any atom is -0.313 e. The van der Waals surface area contributed by atoms with E-state index in [2.05, 4.69) is 391 Å². The number of hydrogen-bond donors (Lipinski definition) is 0. The fourth-order valence-corrected chi connectivity index (χ4v) is 18.8. The molecular formula is C106H82N2. The summed E-state index contributed by atoms with van der Waals surface area (Å²) in [7, 11) is 0. The normalized spacial score (nSPS) is 15.4. The third kappa shape index (κ3) is 10.5. The highest BCUT2D eigenvalue weighted by molar-refractivity contribution is 6.21. The van der Waals surface area contributed by atoms with Crippen LogP contribution < -0.4 is 9.80 Å². The molecule has 17 aromatic rings. The first-order valence-electron chi connectivity index (χ1n) is 38.4. The fourth-order valence-electron chi connectivity index (χ4n) is 18.8. The number of rotatable bonds is 10. The van der Waals surface area contributed by atoms with Crippen molar-refractivity contribution in [2.24, 2.45) is 0 Å². The van der Waals surface area contributed by atoms with Gasteiger partial charge in [0.15, 0.2) is 0 Å². The van der Waals surface area contributed by atoms with Crippen molar-refractivity contribution in [2.45, 2.75) is 77.0 Å². The predicted molar refractivity (Wildman–Crippen MR) is 466 cm³/mol. The lowest BCUT2D eigenvalue weighted by atomic mass is 9.77. The van der Waals surface area contributed by atoms with Gasteiger partial charge in [-0.05, 0) is 209 Å². The maximum absolute atomic E-state index is 4.90. The molecule has 17 aromatic carbocycles. The maximum Gasteiger partial charge on any atom is 0.0546 e. The van der Waals surface area contributed by atoms with Gasteiger partial charge in [0.2, 0.25) is 0 Å². The fraction of sp³-hybridized carbons (Fsp3) is 0.113. The molecule has 2 nitrogen and oxygen atoms in total. The third-order valence-corrected chi connectivity index (χ3v) is 24.5. The van der Waals surface area contributed by atoms with Crippen LogP contribution in [0, 0.1) is 0 Å². The molecule has 0 aromatic heterocycles. The molecule has 3 aliphatic carbocycles. The lowest BCUT2D eigenvalue weighted by molar-refractivity contribution is 0.531. The van der Waals surface area contributed by atoms with E-state index >= 15 is 0 Å². The van der Waals surface area contributed by atoms with Crippen LogP contribution in [0.2, 0.25) is 0 Å². The van der Waals surface area contributed by atoms with Crippen LogP contribution in [0.4, 0.5) is 28.4 Å². The van der Waals surface area contributed by atoms with Crippen LogP contribution in [0.1, 0.15) is 116 Å². The van der Waals surface area contributed by atoms with Crippen LogP contribution in [0.25, 0.3) is 138 Å². The number of benzene rings is 17. The van der Waals surface area contributed by atoms with Crippen molar-refractivity contribution in [3.05, 3.63) is 383 Å². The number of allylic oxidation sites excluding steroid dienone is 3. The minimum atomic E-state index is -0.268. The summed E-state index contributed by atoms with van der Waals surface area (Å²) in [5.74, 6) is 0. The summed E-state index contributed by atoms with van der Waals surface area (Å²) in [5.41, 5.74) is 25.7. The minimum absolute atomic E-state index is 0.199. The molecule has 3 aliphatic rings. The Labute approximate surface area is 632 Å². The first-order chi connectivity index (χ1) is 52.7. The highest BCUT2D eigenvalue weighted by atomic mass is 15.2. The molecule has 0 bridgehead atoms. The van der Waals surface area contributed by atoms with Crippen LogP contribution in [-0.2, 0) is 16.2 Å². The van der Waals surface area contributed by atoms with Crippen molar-refractivity contribution in [1.82, 2.24) is 0 Å². The summed E-state index contributed by atoms with van der Waals surface area (Å²) in [4.78, 5) is 5.16. The SMILES string of the molecule is C=C1CC/C(N(c2cc3ccccc3c3ccccc23)c2cc3ccccc3c3ccccc23)=C\CC(C)(C)c2cc(/C=C/c3ccc4c(c3)C(C)(C)c3cc(/C=C/c5ccc6c(c5)C(C)(C)c5cc(N(c7cc8ccccc8c8ccccc78)c7cc8ccccc8c8ccccc78)ccc5-6)ccc3-4)ccc21. The Morgan fingerprint density at radius 2 is 0.556 bits per heavy atom. The second kappa shape index (κ2) is 25.0. The maximum atomic E-state index is 4.90. The van der Waals surface area contributed by atoms with Crippen LogP contribution in [-0.4, -0.2) is 0 Å². The standard InChI is InChI=1S/C106H82N2/c1-67-40-49-76(107(100-62-72-24-8-12-28-79(72)83-32-16-20-36-91(83)100)101-63-73-25-9-13-29-80(73)84-33-17-21-37-92(84)101)56-57-104(2,3)95-58-68(45-51-78(67)95)41-42-69-46-52-87-88-53-47-70(60-97(88)105(4,5)96(87)59-69)43-44-71-48-54-89-90-55-50-77(66-99(90)106(6,7)98(89)61-71)108(102-64-74-26-10-14-30-81(74)85-34-18-22-38-93(85)102)103-65-75-27-11-15-31-82(75)86-35-19-23-39-94(86)103/h8-39,41-48,50-56,58-66H,1,40,49,57H2,2-7H3/b42-41+,44-43+,76-56+. The molecular weight excluding hydrogens is 1300 g/mol. The number of anilines is 5. The van der Waals surface area contributed by atoms with Crippen molar-refractivity contribution in [1.29, 1.82) is 0 Å². The van der Waals surface area contributed by atoms with Crippen LogP contribution >= 0.6 is 0 Å². The first kappa shape index (κ1) is 64.9. The Morgan fingerprint density at radius 1 is 0.269 bits per heavy atom. The summed E-state index contributed by atoms with van der Waals surface area (Å²) in [6.07, 6.45) is 14.3. The van der Waals surface area contributed by atoms with E-state index in [0.29, 0.717) is 0 Å². The molecule has 0 amide bonds. The van der Waals surface area contributed by atoms with E-state index in [9.17, 15) is 0 Å². The zero-order chi connectivity index (χ0) is 72.7. The predicted octanol–water partition coefficient (Wildman–Crippen LogP) is 29.5. The zero-order valence-corrected chi connectivity index (χ0v) is 62.1. The molecule has 0 heterocycles. The molecule has 0 saturated carbocycles. The van der Waals surface area contributed by atoms with Crippen molar-refractivity contribution in [3.8, 4) is 22.3 Å².